The number of sulfonamides is 1. The summed E-state index contributed by atoms with van der Waals surface area (Å²) in [6.07, 6.45) is 8.71. The Labute approximate surface area is 254 Å². The standard InChI is InChI=1S/C34H40FN3O4S/c1-43(41,42)37(24-29-15-9-4-10-16-29)26-33(39)38(25-30-17-19-31(35)20-18-30)32(23-28-13-7-3-8-14-28)34(40)36-22-21-27-11-5-2-6-12-27/h3-4,7-11,13-20,32H,2,5-6,12,21-26H2,1H3,(H,36,40)/t32-/m1/s1. The summed E-state index contributed by atoms with van der Waals surface area (Å²) in [6.45, 7) is 0.0248. The summed E-state index contributed by atoms with van der Waals surface area (Å²) >= 11 is 0. The fourth-order valence-corrected chi connectivity index (χ4v) is 5.98. The van der Waals surface area contributed by atoms with Crippen LogP contribution in [0, 0.1) is 5.82 Å². The number of carbonyl (C=O) groups excluding carboxylic acids is 2. The van der Waals surface area contributed by atoms with Gasteiger partial charge in [0.1, 0.15) is 11.9 Å². The van der Waals surface area contributed by atoms with Gasteiger partial charge in [0, 0.05) is 26.1 Å². The first kappa shape index (κ1) is 32.1. The highest BCUT2D eigenvalue weighted by molar-refractivity contribution is 7.88. The predicted octanol–water partition coefficient (Wildman–Crippen LogP) is 5.23. The first-order valence-corrected chi connectivity index (χ1v) is 16.6. The molecule has 0 heterocycles. The third kappa shape index (κ3) is 10.1. The van der Waals surface area contributed by atoms with Crippen molar-refractivity contribution in [1.82, 2.24) is 14.5 Å². The van der Waals surface area contributed by atoms with E-state index in [0.29, 0.717) is 12.1 Å². The average molecular weight is 606 g/mol. The SMILES string of the molecule is CS(=O)(=O)N(CC(=O)N(Cc1ccc(F)cc1)[C@H](Cc1ccccc1)C(=O)NCCC1=CCCCC1)Cc1ccccc1. The van der Waals surface area contributed by atoms with Gasteiger partial charge in [-0.25, -0.2) is 12.8 Å². The van der Waals surface area contributed by atoms with E-state index in [0.717, 1.165) is 47.4 Å². The van der Waals surface area contributed by atoms with Gasteiger partial charge >= 0.3 is 0 Å². The van der Waals surface area contributed by atoms with Crippen molar-refractivity contribution >= 4 is 21.8 Å². The largest absolute Gasteiger partial charge is 0.354 e. The van der Waals surface area contributed by atoms with Gasteiger partial charge in [-0.15, -0.1) is 0 Å². The van der Waals surface area contributed by atoms with Crippen LogP contribution in [0.3, 0.4) is 0 Å². The molecule has 9 heteroatoms. The molecule has 0 radical (unpaired) electrons. The predicted molar refractivity (Wildman–Crippen MR) is 167 cm³/mol. The lowest BCUT2D eigenvalue weighted by Crippen LogP contribution is -2.53. The summed E-state index contributed by atoms with van der Waals surface area (Å²) in [5, 5.41) is 3.04. The lowest BCUT2D eigenvalue weighted by molar-refractivity contribution is -0.141. The van der Waals surface area contributed by atoms with Crippen LogP contribution in [0.15, 0.2) is 96.6 Å². The second kappa shape index (κ2) is 15.6. The van der Waals surface area contributed by atoms with E-state index >= 15 is 0 Å². The molecule has 2 amide bonds. The van der Waals surface area contributed by atoms with Gasteiger partial charge < -0.3 is 10.2 Å². The Balaban J connectivity index is 1.63. The molecule has 7 nitrogen and oxygen atoms in total. The molecule has 0 aromatic heterocycles. The molecule has 0 unspecified atom stereocenters. The number of halogens is 1. The minimum atomic E-state index is -3.77. The second-order valence-corrected chi connectivity index (χ2v) is 13.0. The Hall–Kier alpha value is -3.82. The number of amides is 2. The third-order valence-electron chi connectivity index (χ3n) is 7.65. The van der Waals surface area contributed by atoms with Gasteiger partial charge in [0.2, 0.25) is 21.8 Å². The molecule has 0 spiro atoms. The van der Waals surface area contributed by atoms with E-state index in [9.17, 15) is 22.4 Å². The molecule has 1 aliphatic carbocycles. The Kier molecular flexibility index (Phi) is 11.6. The van der Waals surface area contributed by atoms with E-state index < -0.39 is 34.3 Å². The van der Waals surface area contributed by atoms with Crippen LogP contribution < -0.4 is 5.32 Å². The number of rotatable bonds is 14. The number of nitrogens with one attached hydrogen (secondary N) is 1. The fourth-order valence-electron chi connectivity index (χ4n) is 5.26. The van der Waals surface area contributed by atoms with Crippen molar-refractivity contribution in [2.45, 2.75) is 57.7 Å². The zero-order valence-electron chi connectivity index (χ0n) is 24.6. The molecule has 228 valence electrons. The molecule has 1 N–H and O–H groups in total. The topological polar surface area (TPSA) is 86.8 Å². The maximum Gasteiger partial charge on any atom is 0.243 e. The van der Waals surface area contributed by atoms with Crippen LogP contribution in [0.5, 0.6) is 0 Å². The van der Waals surface area contributed by atoms with E-state index in [1.54, 1.807) is 24.3 Å². The second-order valence-electron chi connectivity index (χ2n) is 11.0. The van der Waals surface area contributed by atoms with Gasteiger partial charge in [-0.2, -0.15) is 4.31 Å². The van der Waals surface area contributed by atoms with Gasteiger partial charge in [0.15, 0.2) is 0 Å². The van der Waals surface area contributed by atoms with Crippen molar-refractivity contribution in [3.05, 3.63) is 119 Å². The van der Waals surface area contributed by atoms with E-state index in [4.69, 9.17) is 0 Å². The Bertz CT molecular complexity index is 1480. The van der Waals surface area contributed by atoms with Crippen LogP contribution >= 0.6 is 0 Å². The van der Waals surface area contributed by atoms with E-state index in [2.05, 4.69) is 11.4 Å². The first-order chi connectivity index (χ1) is 20.7. The van der Waals surface area contributed by atoms with Crippen LogP contribution in [-0.4, -0.2) is 54.8 Å². The van der Waals surface area contributed by atoms with Gasteiger partial charge in [0.05, 0.1) is 12.8 Å². The molecule has 43 heavy (non-hydrogen) atoms. The highest BCUT2D eigenvalue weighted by Gasteiger charge is 2.33. The zero-order valence-corrected chi connectivity index (χ0v) is 25.4. The number of hydrogen-bond acceptors (Lipinski definition) is 4. The molecule has 1 atom stereocenters. The maximum absolute atomic E-state index is 14.1. The number of carbonyl (C=O) groups is 2. The smallest absolute Gasteiger partial charge is 0.243 e. The van der Waals surface area contributed by atoms with Crippen LogP contribution in [-0.2, 0) is 39.1 Å². The highest BCUT2D eigenvalue weighted by atomic mass is 32.2. The molecule has 4 rings (SSSR count). The molecular formula is C34H40FN3O4S. The van der Waals surface area contributed by atoms with E-state index in [1.165, 1.54) is 29.0 Å². The quantitative estimate of drug-likeness (QED) is 0.255. The van der Waals surface area contributed by atoms with Gasteiger partial charge in [-0.3, -0.25) is 9.59 Å². The minimum absolute atomic E-state index is 0.0120. The molecule has 3 aromatic carbocycles. The fraction of sp³-hybridized carbons (Fsp3) is 0.353. The number of allylic oxidation sites excluding steroid dienone is 1. The van der Waals surface area contributed by atoms with Crippen molar-refractivity contribution in [3.63, 3.8) is 0 Å². The first-order valence-electron chi connectivity index (χ1n) is 14.7. The number of hydrogen-bond donors (Lipinski definition) is 1. The maximum atomic E-state index is 14.1. The van der Waals surface area contributed by atoms with Crippen LogP contribution in [0.25, 0.3) is 0 Å². The zero-order chi connectivity index (χ0) is 30.7. The normalized spacial score (nSPS) is 14.2. The molecule has 0 aliphatic heterocycles. The van der Waals surface area contributed by atoms with Gasteiger partial charge in [-0.05, 0) is 60.9 Å². The van der Waals surface area contributed by atoms with Crippen molar-refractivity contribution in [3.8, 4) is 0 Å². The molecule has 0 saturated carbocycles. The molecule has 0 fully saturated rings. The number of nitrogens with zero attached hydrogens (tertiary/aromatic N) is 2. The van der Waals surface area contributed by atoms with E-state index in [1.807, 2.05) is 48.5 Å². The minimum Gasteiger partial charge on any atom is -0.354 e. The molecule has 0 bridgehead atoms. The summed E-state index contributed by atoms with van der Waals surface area (Å²) in [4.78, 5) is 29.3. The summed E-state index contributed by atoms with van der Waals surface area (Å²) in [6, 6.07) is 23.3. The molecule has 1 aliphatic rings. The van der Waals surface area contributed by atoms with Crippen molar-refractivity contribution in [2.75, 3.05) is 19.3 Å². The van der Waals surface area contributed by atoms with Crippen molar-refractivity contribution in [1.29, 1.82) is 0 Å². The van der Waals surface area contributed by atoms with Crippen LogP contribution in [0.4, 0.5) is 4.39 Å². The summed E-state index contributed by atoms with van der Waals surface area (Å²) in [7, 11) is -3.77. The van der Waals surface area contributed by atoms with E-state index in [-0.39, 0.29) is 25.4 Å². The molecule has 0 saturated heterocycles. The average Bonchev–Trinajstić information content (AvgIpc) is 3.00. The Morgan fingerprint density at radius 3 is 2.09 bits per heavy atom. The third-order valence-corrected chi connectivity index (χ3v) is 8.85. The van der Waals surface area contributed by atoms with Crippen LogP contribution in [0.1, 0.15) is 48.8 Å². The van der Waals surface area contributed by atoms with Crippen molar-refractivity contribution < 1.29 is 22.4 Å². The molecular weight excluding hydrogens is 565 g/mol. The Morgan fingerprint density at radius 2 is 1.49 bits per heavy atom. The Morgan fingerprint density at radius 1 is 0.860 bits per heavy atom. The lowest BCUT2D eigenvalue weighted by Gasteiger charge is -2.33. The summed E-state index contributed by atoms with van der Waals surface area (Å²) < 4.78 is 40.5. The van der Waals surface area contributed by atoms with Crippen molar-refractivity contribution in [2.24, 2.45) is 0 Å². The lowest BCUT2D eigenvalue weighted by atomic mass is 9.97. The summed E-state index contributed by atoms with van der Waals surface area (Å²) in [5.41, 5.74) is 3.55. The highest BCUT2D eigenvalue weighted by Crippen LogP contribution is 2.20. The monoisotopic (exact) mass is 605 g/mol. The number of benzene rings is 3. The van der Waals surface area contributed by atoms with Crippen LogP contribution in [0.2, 0.25) is 0 Å². The summed E-state index contributed by atoms with van der Waals surface area (Å²) in [5.74, 6) is -1.25. The van der Waals surface area contributed by atoms with Gasteiger partial charge in [0.25, 0.3) is 0 Å². The van der Waals surface area contributed by atoms with Gasteiger partial charge in [-0.1, -0.05) is 84.4 Å². The molecule has 3 aromatic rings.